The van der Waals surface area contributed by atoms with Crippen LogP contribution in [0.15, 0.2) is 34.4 Å². The van der Waals surface area contributed by atoms with Crippen LogP contribution in [0.4, 0.5) is 5.13 Å². The zero-order chi connectivity index (χ0) is 15.7. The molecule has 0 fully saturated rings. The van der Waals surface area contributed by atoms with Crippen LogP contribution in [0.3, 0.4) is 0 Å². The molecule has 0 aliphatic rings. The van der Waals surface area contributed by atoms with Crippen LogP contribution in [-0.4, -0.2) is 21.1 Å². The van der Waals surface area contributed by atoms with Gasteiger partial charge in [0.05, 0.1) is 23.5 Å². The van der Waals surface area contributed by atoms with Crippen LogP contribution in [0, 0.1) is 0 Å². The Morgan fingerprint density at radius 2 is 2.18 bits per heavy atom. The van der Waals surface area contributed by atoms with Crippen LogP contribution in [0.1, 0.15) is 19.4 Å². The van der Waals surface area contributed by atoms with Gasteiger partial charge in [0.1, 0.15) is 0 Å². The van der Waals surface area contributed by atoms with Crippen LogP contribution >= 0.6 is 11.3 Å². The number of benzene rings is 1. The fourth-order valence-corrected chi connectivity index (χ4v) is 3.10. The molecule has 3 N–H and O–H groups in total. The number of nitrogens with zero attached hydrogens (tertiary/aromatic N) is 1. The highest BCUT2D eigenvalue weighted by Crippen LogP contribution is 2.24. The lowest BCUT2D eigenvalue weighted by molar-refractivity contribution is 0.282. The average molecular weight is 315 g/mol. The van der Waals surface area contributed by atoms with Crippen LogP contribution in [0.5, 0.6) is 0 Å². The third-order valence-corrected chi connectivity index (χ3v) is 4.04. The molecule has 0 spiro atoms. The van der Waals surface area contributed by atoms with Crippen molar-refractivity contribution in [2.45, 2.75) is 26.5 Å². The van der Waals surface area contributed by atoms with Gasteiger partial charge in [0.2, 0.25) is 0 Å². The maximum absolute atomic E-state index is 12.2. The van der Waals surface area contributed by atoms with Crippen molar-refractivity contribution in [3.05, 3.63) is 45.4 Å². The normalized spacial score (nSPS) is 11.3. The number of pyridine rings is 1. The molecule has 114 valence electrons. The van der Waals surface area contributed by atoms with E-state index in [1.807, 2.05) is 5.38 Å². The molecule has 3 rings (SSSR count). The number of aromatic nitrogens is 2. The van der Waals surface area contributed by atoms with Crippen molar-refractivity contribution in [1.29, 1.82) is 0 Å². The summed E-state index contributed by atoms with van der Waals surface area (Å²) in [6, 6.07) is 7.15. The summed E-state index contributed by atoms with van der Waals surface area (Å²) >= 11 is 1.51. The van der Waals surface area contributed by atoms with Crippen molar-refractivity contribution in [3.63, 3.8) is 0 Å². The van der Waals surface area contributed by atoms with Gasteiger partial charge >= 0.3 is 0 Å². The van der Waals surface area contributed by atoms with E-state index in [0.29, 0.717) is 22.6 Å². The monoisotopic (exact) mass is 315 g/mol. The molecule has 0 aliphatic heterocycles. The summed E-state index contributed by atoms with van der Waals surface area (Å²) in [6.07, 6.45) is 0. The van der Waals surface area contributed by atoms with E-state index in [1.54, 1.807) is 24.3 Å². The van der Waals surface area contributed by atoms with Gasteiger partial charge in [-0.3, -0.25) is 4.79 Å². The summed E-state index contributed by atoms with van der Waals surface area (Å²) in [6.45, 7) is 4.05. The molecule has 5 nitrogen and oxygen atoms in total. The molecule has 2 aromatic heterocycles. The number of aliphatic hydroxyl groups excluding tert-OH is 1. The van der Waals surface area contributed by atoms with Gasteiger partial charge in [-0.05, 0) is 31.5 Å². The van der Waals surface area contributed by atoms with E-state index in [4.69, 9.17) is 0 Å². The van der Waals surface area contributed by atoms with Crippen molar-refractivity contribution in [1.82, 2.24) is 9.97 Å². The Morgan fingerprint density at radius 3 is 2.91 bits per heavy atom. The lowest BCUT2D eigenvalue weighted by Gasteiger charge is -2.05. The molecule has 0 atom stereocenters. The molecule has 6 heteroatoms. The highest BCUT2D eigenvalue weighted by Gasteiger charge is 2.09. The first-order valence-electron chi connectivity index (χ1n) is 7.06. The molecule has 2 heterocycles. The van der Waals surface area contributed by atoms with E-state index in [9.17, 15) is 9.90 Å². The summed E-state index contributed by atoms with van der Waals surface area (Å²) in [5.74, 6) is 0. The third kappa shape index (κ3) is 2.88. The molecule has 0 unspecified atom stereocenters. The number of H-pyrrole nitrogens is 1. The van der Waals surface area contributed by atoms with Gasteiger partial charge in [0.25, 0.3) is 0 Å². The zero-order valence-electron chi connectivity index (χ0n) is 12.4. The number of hydrogen-bond acceptors (Lipinski definition) is 5. The zero-order valence-corrected chi connectivity index (χ0v) is 13.2. The molecule has 1 aromatic carbocycles. The van der Waals surface area contributed by atoms with Crippen molar-refractivity contribution in [3.8, 4) is 11.4 Å². The molecular formula is C16H17N3O2S. The summed E-state index contributed by atoms with van der Waals surface area (Å²) in [7, 11) is 0. The minimum Gasteiger partial charge on any atom is -0.392 e. The average Bonchev–Trinajstić information content (AvgIpc) is 2.94. The van der Waals surface area contributed by atoms with E-state index in [-0.39, 0.29) is 12.0 Å². The van der Waals surface area contributed by atoms with Gasteiger partial charge in [-0.15, -0.1) is 11.3 Å². The van der Waals surface area contributed by atoms with Gasteiger partial charge in [-0.1, -0.05) is 6.07 Å². The molecule has 0 amide bonds. The maximum Gasteiger partial charge on any atom is 0.190 e. The molecule has 3 aromatic rings. The largest absolute Gasteiger partial charge is 0.392 e. The number of fused-ring (bicyclic) bond motifs is 1. The van der Waals surface area contributed by atoms with Crippen molar-refractivity contribution in [2.75, 3.05) is 5.32 Å². The number of anilines is 1. The maximum atomic E-state index is 12.2. The number of aromatic amines is 1. The third-order valence-electron chi connectivity index (χ3n) is 3.27. The van der Waals surface area contributed by atoms with Crippen molar-refractivity contribution >= 4 is 27.4 Å². The molecular weight excluding hydrogens is 298 g/mol. The summed E-state index contributed by atoms with van der Waals surface area (Å²) in [5, 5.41) is 15.8. The Hall–Kier alpha value is -2.18. The second kappa shape index (κ2) is 5.90. The SMILES string of the molecule is CC(C)Nc1nc(-c2cc(=O)c3ccc(CO)cc3[nH]2)cs1. The Kier molecular flexibility index (Phi) is 3.96. The Labute approximate surface area is 131 Å². The summed E-state index contributed by atoms with van der Waals surface area (Å²) in [5.41, 5.74) is 2.84. The Balaban J connectivity index is 2.07. The van der Waals surface area contributed by atoms with Crippen LogP contribution in [-0.2, 0) is 6.61 Å². The smallest absolute Gasteiger partial charge is 0.190 e. The van der Waals surface area contributed by atoms with E-state index >= 15 is 0 Å². The van der Waals surface area contributed by atoms with E-state index < -0.39 is 0 Å². The van der Waals surface area contributed by atoms with E-state index in [0.717, 1.165) is 16.4 Å². The lowest BCUT2D eigenvalue weighted by Crippen LogP contribution is -2.09. The predicted octanol–water partition coefficient (Wildman–Crippen LogP) is 2.96. The van der Waals surface area contributed by atoms with Crippen molar-refractivity contribution in [2.24, 2.45) is 0 Å². The minimum atomic E-state index is -0.0559. The first kappa shape index (κ1) is 14.7. The highest BCUT2D eigenvalue weighted by molar-refractivity contribution is 7.14. The number of hydrogen-bond donors (Lipinski definition) is 3. The van der Waals surface area contributed by atoms with Gasteiger partial charge in [-0.25, -0.2) is 4.98 Å². The number of rotatable bonds is 4. The first-order chi connectivity index (χ1) is 10.6. The molecule has 0 radical (unpaired) electrons. The minimum absolute atomic E-state index is 0.0542. The van der Waals surface area contributed by atoms with Crippen LogP contribution in [0.25, 0.3) is 22.3 Å². The van der Waals surface area contributed by atoms with Gasteiger partial charge < -0.3 is 15.4 Å². The number of aliphatic hydroxyl groups is 1. The molecule has 0 bridgehead atoms. The van der Waals surface area contributed by atoms with E-state index in [2.05, 4.69) is 29.1 Å². The fourth-order valence-electron chi connectivity index (χ4n) is 2.25. The molecule has 0 aliphatic carbocycles. The van der Waals surface area contributed by atoms with Gasteiger partial charge in [-0.2, -0.15) is 0 Å². The second-order valence-corrected chi connectivity index (χ2v) is 6.28. The quantitative estimate of drug-likeness (QED) is 0.691. The Bertz CT molecular complexity index is 867. The van der Waals surface area contributed by atoms with E-state index in [1.165, 1.54) is 11.3 Å². The highest BCUT2D eigenvalue weighted by atomic mass is 32.1. The Morgan fingerprint density at radius 1 is 1.36 bits per heavy atom. The predicted molar refractivity (Wildman–Crippen MR) is 90.4 cm³/mol. The summed E-state index contributed by atoms with van der Waals surface area (Å²) < 4.78 is 0. The number of nitrogens with one attached hydrogen (secondary N) is 2. The topological polar surface area (TPSA) is 78.0 Å². The molecule has 0 saturated heterocycles. The van der Waals surface area contributed by atoms with Crippen LogP contribution in [0.2, 0.25) is 0 Å². The van der Waals surface area contributed by atoms with Gasteiger partial charge in [0, 0.05) is 22.9 Å². The fraction of sp³-hybridized carbons (Fsp3) is 0.250. The summed E-state index contributed by atoms with van der Waals surface area (Å²) in [4.78, 5) is 20.0. The van der Waals surface area contributed by atoms with Crippen LogP contribution < -0.4 is 10.7 Å². The molecule has 22 heavy (non-hydrogen) atoms. The standard InChI is InChI=1S/C16H17N3O2S/c1-9(2)17-16-19-14(8-22-16)13-6-15(21)11-4-3-10(7-20)5-12(11)18-13/h3-6,8-9,20H,7H2,1-2H3,(H,17,19)(H,18,21). The van der Waals surface area contributed by atoms with Crippen molar-refractivity contribution < 1.29 is 5.11 Å². The van der Waals surface area contributed by atoms with Gasteiger partial charge in [0.15, 0.2) is 10.6 Å². The lowest BCUT2D eigenvalue weighted by atomic mass is 10.1. The first-order valence-corrected chi connectivity index (χ1v) is 7.94. The second-order valence-electron chi connectivity index (χ2n) is 5.42. The molecule has 0 saturated carbocycles. The number of thiazole rings is 1.